The van der Waals surface area contributed by atoms with E-state index in [0.717, 1.165) is 24.0 Å². The molecule has 104 valence electrons. The third-order valence-corrected chi connectivity index (χ3v) is 4.38. The fourth-order valence-corrected chi connectivity index (χ4v) is 2.86. The molecule has 0 spiro atoms. The Kier molecular flexibility index (Phi) is 3.90. The number of rotatable bonds is 1. The van der Waals surface area contributed by atoms with Crippen LogP contribution in [0.5, 0.6) is 5.75 Å². The molecule has 1 N–H and O–H groups in total. The number of amides is 1. The molecule has 1 aromatic carbocycles. The fraction of sp³-hybridized carbons (Fsp3) is 0.533. The van der Waals surface area contributed by atoms with Gasteiger partial charge in [-0.1, -0.05) is 36.7 Å². The van der Waals surface area contributed by atoms with Gasteiger partial charge in [0.25, 0.3) is 5.91 Å². The number of phenolic OH excluding ortho intramolecular Hbond substituents is 1. The first-order valence-corrected chi connectivity index (χ1v) is 7.36. The summed E-state index contributed by atoms with van der Waals surface area (Å²) in [5, 5.41) is 9.82. The van der Waals surface area contributed by atoms with Crippen LogP contribution >= 0.6 is 15.9 Å². The van der Waals surface area contributed by atoms with E-state index in [2.05, 4.69) is 36.7 Å². The minimum Gasteiger partial charge on any atom is -0.507 e. The molecule has 0 saturated carbocycles. The van der Waals surface area contributed by atoms with Gasteiger partial charge < -0.3 is 10.0 Å². The summed E-state index contributed by atoms with van der Waals surface area (Å²) >= 11 is 3.33. The minimum atomic E-state index is -0.0782. The molecule has 1 saturated heterocycles. The number of hydrogen-bond acceptors (Lipinski definition) is 2. The number of hydrogen-bond donors (Lipinski definition) is 1. The normalized spacial score (nSPS) is 19.8. The summed E-state index contributed by atoms with van der Waals surface area (Å²) in [6, 6.07) is 4.96. The Morgan fingerprint density at radius 1 is 1.42 bits per heavy atom. The summed E-state index contributed by atoms with van der Waals surface area (Å²) in [4.78, 5) is 14.3. The Labute approximate surface area is 122 Å². The molecule has 0 bridgehead atoms. The monoisotopic (exact) mass is 325 g/mol. The molecule has 4 heteroatoms. The molecule has 1 atom stereocenters. The number of carbonyl (C=O) groups is 1. The molecule has 19 heavy (non-hydrogen) atoms. The smallest absolute Gasteiger partial charge is 0.257 e. The van der Waals surface area contributed by atoms with Gasteiger partial charge in [-0.15, -0.1) is 0 Å². The SMILES string of the molecule is CC(C)(C)C1CCN(C(=O)c2cc(Br)ccc2O)C1. The summed E-state index contributed by atoms with van der Waals surface area (Å²) in [5.41, 5.74) is 0.595. The zero-order chi connectivity index (χ0) is 14.2. The third-order valence-electron chi connectivity index (χ3n) is 3.89. The van der Waals surface area contributed by atoms with E-state index in [1.54, 1.807) is 18.2 Å². The van der Waals surface area contributed by atoms with Crippen molar-refractivity contribution in [2.24, 2.45) is 11.3 Å². The highest BCUT2D eigenvalue weighted by atomic mass is 79.9. The summed E-state index contributed by atoms with van der Waals surface area (Å²) in [6.07, 6.45) is 1.03. The van der Waals surface area contributed by atoms with Crippen LogP contribution in [0, 0.1) is 11.3 Å². The van der Waals surface area contributed by atoms with E-state index in [1.807, 2.05) is 4.90 Å². The van der Waals surface area contributed by atoms with Gasteiger partial charge in [0.15, 0.2) is 0 Å². The first kappa shape index (κ1) is 14.4. The van der Waals surface area contributed by atoms with E-state index in [1.165, 1.54) is 0 Å². The molecule has 1 heterocycles. The van der Waals surface area contributed by atoms with E-state index in [0.29, 0.717) is 11.5 Å². The molecule has 0 aliphatic carbocycles. The van der Waals surface area contributed by atoms with Gasteiger partial charge in [0.1, 0.15) is 5.75 Å². The topological polar surface area (TPSA) is 40.5 Å². The van der Waals surface area contributed by atoms with Crippen LogP contribution in [0.1, 0.15) is 37.6 Å². The largest absolute Gasteiger partial charge is 0.507 e. The predicted octanol–water partition coefficient (Wildman–Crippen LogP) is 3.66. The van der Waals surface area contributed by atoms with Crippen LogP contribution in [-0.4, -0.2) is 29.0 Å². The molecule has 1 aliphatic heterocycles. The van der Waals surface area contributed by atoms with Crippen molar-refractivity contribution in [3.63, 3.8) is 0 Å². The summed E-state index contributed by atoms with van der Waals surface area (Å²) in [7, 11) is 0. The van der Waals surface area contributed by atoms with E-state index in [9.17, 15) is 9.90 Å². The number of halogens is 1. The molecule has 0 aromatic heterocycles. The summed E-state index contributed by atoms with van der Waals surface area (Å²) in [5.74, 6) is 0.490. The second-order valence-electron chi connectivity index (χ2n) is 6.26. The third kappa shape index (κ3) is 3.11. The van der Waals surface area contributed by atoms with Crippen molar-refractivity contribution in [1.29, 1.82) is 0 Å². The van der Waals surface area contributed by atoms with Crippen molar-refractivity contribution < 1.29 is 9.90 Å². The van der Waals surface area contributed by atoms with Gasteiger partial charge in [-0.25, -0.2) is 0 Å². The molecule has 1 fully saturated rings. The zero-order valence-electron chi connectivity index (χ0n) is 11.6. The van der Waals surface area contributed by atoms with E-state index in [4.69, 9.17) is 0 Å². The lowest BCUT2D eigenvalue weighted by Gasteiger charge is -2.27. The Bertz CT molecular complexity index is 493. The van der Waals surface area contributed by atoms with Crippen molar-refractivity contribution in [2.75, 3.05) is 13.1 Å². The van der Waals surface area contributed by atoms with Crippen LogP contribution in [0.25, 0.3) is 0 Å². The average Bonchev–Trinajstić information content (AvgIpc) is 2.80. The van der Waals surface area contributed by atoms with Crippen molar-refractivity contribution >= 4 is 21.8 Å². The van der Waals surface area contributed by atoms with Crippen LogP contribution in [0.4, 0.5) is 0 Å². The Balaban J connectivity index is 2.16. The molecular formula is C15H20BrNO2. The highest BCUT2D eigenvalue weighted by molar-refractivity contribution is 9.10. The molecule has 3 nitrogen and oxygen atoms in total. The maximum absolute atomic E-state index is 12.4. The molecule has 2 rings (SSSR count). The quantitative estimate of drug-likeness (QED) is 0.855. The van der Waals surface area contributed by atoms with E-state index < -0.39 is 0 Å². The van der Waals surface area contributed by atoms with Gasteiger partial charge in [-0.3, -0.25) is 4.79 Å². The van der Waals surface area contributed by atoms with Crippen LogP contribution in [0.15, 0.2) is 22.7 Å². The van der Waals surface area contributed by atoms with E-state index >= 15 is 0 Å². The van der Waals surface area contributed by atoms with Gasteiger partial charge >= 0.3 is 0 Å². The zero-order valence-corrected chi connectivity index (χ0v) is 13.2. The van der Waals surface area contributed by atoms with E-state index in [-0.39, 0.29) is 17.1 Å². The van der Waals surface area contributed by atoms with Crippen molar-refractivity contribution in [1.82, 2.24) is 4.90 Å². The second kappa shape index (κ2) is 5.16. The van der Waals surface area contributed by atoms with Gasteiger partial charge in [-0.05, 0) is 36.0 Å². The maximum atomic E-state index is 12.4. The fourth-order valence-electron chi connectivity index (χ4n) is 2.50. The Morgan fingerprint density at radius 2 is 2.11 bits per heavy atom. The van der Waals surface area contributed by atoms with Crippen molar-refractivity contribution in [2.45, 2.75) is 27.2 Å². The van der Waals surface area contributed by atoms with Crippen LogP contribution < -0.4 is 0 Å². The summed E-state index contributed by atoms with van der Waals surface area (Å²) in [6.45, 7) is 8.17. The standard InChI is InChI=1S/C15H20BrNO2/c1-15(2,3)10-6-7-17(9-10)14(19)12-8-11(16)4-5-13(12)18/h4-5,8,10,18H,6-7,9H2,1-3H3. The highest BCUT2D eigenvalue weighted by Gasteiger charge is 2.34. The van der Waals surface area contributed by atoms with Crippen LogP contribution in [0.2, 0.25) is 0 Å². The lowest BCUT2D eigenvalue weighted by Crippen LogP contribution is -2.31. The number of aromatic hydroxyl groups is 1. The average molecular weight is 326 g/mol. The minimum absolute atomic E-state index is 0.0485. The number of phenols is 1. The number of benzene rings is 1. The number of carbonyl (C=O) groups excluding carboxylic acids is 1. The van der Waals surface area contributed by atoms with Gasteiger partial charge in [0.2, 0.25) is 0 Å². The predicted molar refractivity (Wildman–Crippen MR) is 79.3 cm³/mol. The first-order valence-electron chi connectivity index (χ1n) is 6.57. The number of likely N-dealkylation sites (tertiary alicyclic amines) is 1. The Hall–Kier alpha value is -1.03. The lowest BCUT2D eigenvalue weighted by molar-refractivity contribution is 0.0773. The lowest BCUT2D eigenvalue weighted by atomic mass is 9.80. The maximum Gasteiger partial charge on any atom is 0.257 e. The van der Waals surface area contributed by atoms with Crippen LogP contribution in [-0.2, 0) is 0 Å². The molecular weight excluding hydrogens is 306 g/mol. The van der Waals surface area contributed by atoms with Crippen molar-refractivity contribution in [3.05, 3.63) is 28.2 Å². The number of nitrogens with zero attached hydrogens (tertiary/aromatic N) is 1. The Morgan fingerprint density at radius 3 is 2.68 bits per heavy atom. The molecule has 1 aromatic rings. The molecule has 1 aliphatic rings. The molecule has 1 unspecified atom stereocenters. The molecule has 0 radical (unpaired) electrons. The first-order chi connectivity index (χ1) is 8.79. The second-order valence-corrected chi connectivity index (χ2v) is 7.18. The van der Waals surface area contributed by atoms with Gasteiger partial charge in [0.05, 0.1) is 5.56 Å². The van der Waals surface area contributed by atoms with Crippen LogP contribution in [0.3, 0.4) is 0 Å². The van der Waals surface area contributed by atoms with Gasteiger partial charge in [0, 0.05) is 17.6 Å². The van der Waals surface area contributed by atoms with Gasteiger partial charge in [-0.2, -0.15) is 0 Å². The highest BCUT2D eigenvalue weighted by Crippen LogP contribution is 2.35. The molecule has 1 amide bonds. The van der Waals surface area contributed by atoms with Crippen molar-refractivity contribution in [3.8, 4) is 5.75 Å². The summed E-state index contributed by atoms with van der Waals surface area (Å²) < 4.78 is 0.806.